The summed E-state index contributed by atoms with van der Waals surface area (Å²) < 4.78 is 27.8. The highest BCUT2D eigenvalue weighted by Crippen LogP contribution is 2.38. The summed E-state index contributed by atoms with van der Waals surface area (Å²) in [6, 6.07) is 3.71. The van der Waals surface area contributed by atoms with Gasteiger partial charge in [0, 0.05) is 49.9 Å². The molecule has 10 heteroatoms. The number of aromatic nitrogens is 3. The van der Waals surface area contributed by atoms with Crippen molar-refractivity contribution in [2.45, 2.75) is 30.8 Å². The number of aliphatic hydroxyl groups is 1. The Morgan fingerprint density at radius 3 is 2.50 bits per heavy atom. The largest absolute Gasteiger partial charge is 0.385 e. The number of pyridine rings is 1. The van der Waals surface area contributed by atoms with E-state index in [2.05, 4.69) is 30.5 Å². The van der Waals surface area contributed by atoms with Crippen LogP contribution in [0.1, 0.15) is 24.5 Å². The third-order valence-electron chi connectivity index (χ3n) is 5.81. The highest BCUT2D eigenvalue weighted by Gasteiger charge is 2.47. The van der Waals surface area contributed by atoms with Gasteiger partial charge in [0.25, 0.3) is 5.92 Å². The van der Waals surface area contributed by atoms with Crippen molar-refractivity contribution in [1.29, 1.82) is 0 Å². The maximum absolute atomic E-state index is 13.9. The zero-order valence-corrected chi connectivity index (χ0v) is 16.6. The molecule has 0 spiro atoms. The lowest BCUT2D eigenvalue weighted by Gasteiger charge is -2.30. The highest BCUT2D eigenvalue weighted by atomic mass is 19.3. The van der Waals surface area contributed by atoms with E-state index in [4.69, 9.17) is 0 Å². The Hall–Kier alpha value is -2.59. The molecule has 2 aliphatic heterocycles. The molecule has 3 N–H and O–H groups in total. The van der Waals surface area contributed by atoms with E-state index in [9.17, 15) is 13.9 Å². The summed E-state index contributed by atoms with van der Waals surface area (Å²) in [5.41, 5.74) is 1.90. The van der Waals surface area contributed by atoms with E-state index in [1.807, 2.05) is 12.1 Å². The van der Waals surface area contributed by atoms with Crippen molar-refractivity contribution >= 4 is 23.1 Å². The average molecular weight is 417 g/mol. The Morgan fingerprint density at radius 2 is 1.87 bits per heavy atom. The number of hydrogen-bond acceptors (Lipinski definition) is 8. The van der Waals surface area contributed by atoms with E-state index < -0.39 is 18.6 Å². The minimum atomic E-state index is -3.15. The Morgan fingerprint density at radius 1 is 1.07 bits per heavy atom. The van der Waals surface area contributed by atoms with Crippen molar-refractivity contribution in [3.05, 3.63) is 30.2 Å². The number of nitrogens with zero attached hydrogens (tertiary/aromatic N) is 5. The average Bonchev–Trinajstić information content (AvgIpc) is 3.55. The molecule has 0 amide bonds. The Kier molecular flexibility index (Phi) is 4.90. The van der Waals surface area contributed by atoms with Crippen molar-refractivity contribution in [3.8, 4) is 0 Å². The molecule has 2 aromatic rings. The fourth-order valence-corrected chi connectivity index (χ4v) is 3.90. The molecule has 0 radical (unpaired) electrons. The van der Waals surface area contributed by atoms with E-state index >= 15 is 0 Å². The number of nitrogens with one attached hydrogen (secondary N) is 2. The lowest BCUT2D eigenvalue weighted by molar-refractivity contribution is -0.0712. The zero-order chi connectivity index (χ0) is 20.7. The normalized spacial score (nSPS) is 23.6. The van der Waals surface area contributed by atoms with E-state index in [0.717, 1.165) is 50.4 Å². The predicted octanol–water partition coefficient (Wildman–Crippen LogP) is 1.72. The van der Waals surface area contributed by atoms with Crippen molar-refractivity contribution in [3.63, 3.8) is 0 Å². The van der Waals surface area contributed by atoms with Gasteiger partial charge in [0.2, 0.25) is 0 Å². The van der Waals surface area contributed by atoms with Crippen LogP contribution in [0.15, 0.2) is 24.5 Å². The molecule has 1 saturated carbocycles. The van der Waals surface area contributed by atoms with Crippen LogP contribution in [0.3, 0.4) is 0 Å². The number of alkyl halides is 2. The predicted molar refractivity (Wildman–Crippen MR) is 110 cm³/mol. The van der Waals surface area contributed by atoms with Gasteiger partial charge in [-0.3, -0.25) is 4.98 Å². The smallest absolute Gasteiger partial charge is 0.292 e. The van der Waals surface area contributed by atoms with Gasteiger partial charge in [-0.15, -0.1) is 0 Å². The summed E-state index contributed by atoms with van der Waals surface area (Å²) in [4.78, 5) is 17.1. The van der Waals surface area contributed by atoms with Crippen LogP contribution in [0, 0.1) is 0 Å². The number of halogens is 2. The first-order valence-corrected chi connectivity index (χ1v) is 10.4. The molecule has 1 atom stereocenters. The summed E-state index contributed by atoms with van der Waals surface area (Å²) >= 11 is 0. The molecule has 2 aromatic heterocycles. The zero-order valence-electron chi connectivity index (χ0n) is 16.6. The van der Waals surface area contributed by atoms with Gasteiger partial charge in [0.15, 0.2) is 0 Å². The summed E-state index contributed by atoms with van der Waals surface area (Å²) in [7, 11) is 0. The molecular weight excluding hydrogens is 392 g/mol. The fraction of sp³-hybridized carbons (Fsp3) is 0.550. The first kappa shape index (κ1) is 19.4. The molecule has 0 aromatic carbocycles. The maximum atomic E-state index is 13.9. The topological polar surface area (TPSA) is 89.4 Å². The molecule has 160 valence electrons. The summed E-state index contributed by atoms with van der Waals surface area (Å²) in [5, 5.41) is 16.2. The maximum Gasteiger partial charge on any atom is 0.292 e. The summed E-state index contributed by atoms with van der Waals surface area (Å²) in [6.45, 7) is 2.64. The molecule has 2 saturated heterocycles. The Balaban J connectivity index is 1.43. The quantitative estimate of drug-likeness (QED) is 0.678. The lowest BCUT2D eigenvalue weighted by atomic mass is 10.2. The third-order valence-corrected chi connectivity index (χ3v) is 5.81. The van der Waals surface area contributed by atoms with Crippen LogP contribution >= 0.6 is 0 Å². The number of aliphatic hydroxyl groups excluding tert-OH is 1. The molecular formula is C20H25F2N7O. The molecule has 30 heavy (non-hydrogen) atoms. The monoisotopic (exact) mass is 417 g/mol. The van der Waals surface area contributed by atoms with E-state index in [1.165, 1.54) is 4.90 Å². The van der Waals surface area contributed by atoms with E-state index in [-0.39, 0.29) is 6.54 Å². The highest BCUT2D eigenvalue weighted by molar-refractivity contribution is 5.66. The third kappa shape index (κ3) is 4.01. The molecule has 0 bridgehead atoms. The standard InChI is InChI=1S/C20H25F2N7O/c21-20(22)12-29(11-16(20)30)19-8-14(28-5-3-23-4-6-28)7-17(27-19)26-18-10-24-15(9-25-18)13-1-2-13/h7-10,13,16,23,30H,1-6,11-12H2,(H,25,26,27)/t16-/m0/s1. The first-order chi connectivity index (χ1) is 14.5. The van der Waals surface area contributed by atoms with Crippen molar-refractivity contribution < 1.29 is 13.9 Å². The molecule has 3 fully saturated rings. The SMILES string of the molecule is O[C@H]1CN(c2cc(N3CCNCC3)cc(Nc3cnc(C4CC4)cn3)n2)CC1(F)F. The number of β-amino-alcohol motifs (C(OH)–C–C–N with tert-alkyl or cyclic N) is 1. The van der Waals surface area contributed by atoms with Gasteiger partial charge in [0.1, 0.15) is 23.6 Å². The van der Waals surface area contributed by atoms with Gasteiger partial charge in [-0.2, -0.15) is 0 Å². The van der Waals surface area contributed by atoms with Crippen LogP contribution < -0.4 is 20.4 Å². The van der Waals surface area contributed by atoms with E-state index in [0.29, 0.717) is 23.4 Å². The van der Waals surface area contributed by atoms with E-state index in [1.54, 1.807) is 12.4 Å². The van der Waals surface area contributed by atoms with Gasteiger partial charge < -0.3 is 25.5 Å². The Bertz CT molecular complexity index is 901. The number of anilines is 4. The second kappa shape index (κ2) is 7.59. The van der Waals surface area contributed by atoms with Gasteiger partial charge in [0.05, 0.1) is 31.2 Å². The Labute approximate surface area is 173 Å². The molecule has 1 aliphatic carbocycles. The first-order valence-electron chi connectivity index (χ1n) is 10.4. The molecule has 3 aliphatic rings. The minimum Gasteiger partial charge on any atom is -0.385 e. The van der Waals surface area contributed by atoms with Crippen LogP contribution in [-0.4, -0.2) is 71.4 Å². The summed E-state index contributed by atoms with van der Waals surface area (Å²) in [5.74, 6) is -1.14. The lowest BCUT2D eigenvalue weighted by Crippen LogP contribution is -2.43. The van der Waals surface area contributed by atoms with Crippen LogP contribution in [0.5, 0.6) is 0 Å². The van der Waals surface area contributed by atoms with Crippen LogP contribution in [-0.2, 0) is 0 Å². The van der Waals surface area contributed by atoms with Gasteiger partial charge >= 0.3 is 0 Å². The molecule has 4 heterocycles. The second-order valence-electron chi connectivity index (χ2n) is 8.19. The van der Waals surface area contributed by atoms with Crippen molar-refractivity contribution in [2.24, 2.45) is 0 Å². The number of rotatable bonds is 5. The molecule has 5 rings (SSSR count). The van der Waals surface area contributed by atoms with Gasteiger partial charge in [-0.1, -0.05) is 0 Å². The second-order valence-corrected chi connectivity index (χ2v) is 8.19. The van der Waals surface area contributed by atoms with Crippen LogP contribution in [0.25, 0.3) is 0 Å². The molecule has 8 nitrogen and oxygen atoms in total. The van der Waals surface area contributed by atoms with Gasteiger partial charge in [-0.25, -0.2) is 18.7 Å². The minimum absolute atomic E-state index is 0.152. The van der Waals surface area contributed by atoms with Crippen LogP contribution in [0.2, 0.25) is 0 Å². The van der Waals surface area contributed by atoms with Gasteiger partial charge in [-0.05, 0) is 12.8 Å². The van der Waals surface area contributed by atoms with Crippen LogP contribution in [0.4, 0.5) is 31.9 Å². The summed E-state index contributed by atoms with van der Waals surface area (Å²) in [6.07, 6.45) is 4.08. The molecule has 0 unspecified atom stereocenters. The van der Waals surface area contributed by atoms with Crippen molar-refractivity contribution in [1.82, 2.24) is 20.3 Å². The fourth-order valence-electron chi connectivity index (χ4n) is 3.90. The van der Waals surface area contributed by atoms with Crippen molar-refractivity contribution in [2.75, 3.05) is 54.4 Å². The number of hydrogen-bond donors (Lipinski definition) is 3. The number of piperazine rings is 1.